The molecule has 1 amide bonds. The normalized spacial score (nSPS) is 10.9. The zero-order valence-electron chi connectivity index (χ0n) is 14.9. The van der Waals surface area contributed by atoms with Crippen LogP contribution in [-0.4, -0.2) is 45.6 Å². The largest absolute Gasteiger partial charge is 0.484 e. The summed E-state index contributed by atoms with van der Waals surface area (Å²) in [5.41, 5.74) is 1.39. The van der Waals surface area contributed by atoms with E-state index in [2.05, 4.69) is 5.32 Å². The van der Waals surface area contributed by atoms with Crippen LogP contribution in [0.25, 0.3) is 0 Å². The number of carboxylic acid groups (broad SMARTS) is 1. The van der Waals surface area contributed by atoms with Crippen LogP contribution in [0.4, 0.5) is 5.69 Å². The number of hydrogen-bond acceptors (Lipinski definition) is 5. The van der Waals surface area contributed by atoms with Gasteiger partial charge in [-0.05, 0) is 43.3 Å². The lowest BCUT2D eigenvalue weighted by Crippen LogP contribution is -2.33. The fraction of sp³-hybridized carbons (Fsp3) is 0.222. The SMILES string of the molecule is Cc1ccc(S(=O)(=O)N(C)c2ccc(OCC(=O)NCC(=O)O)cc2)cc1. The zero-order valence-corrected chi connectivity index (χ0v) is 15.7. The number of hydrogen-bond donors (Lipinski definition) is 2. The summed E-state index contributed by atoms with van der Waals surface area (Å²) >= 11 is 0. The van der Waals surface area contributed by atoms with Crippen molar-refractivity contribution in [1.82, 2.24) is 5.32 Å². The Morgan fingerprint density at radius 1 is 1.07 bits per heavy atom. The zero-order chi connectivity index (χ0) is 20.0. The van der Waals surface area contributed by atoms with E-state index in [1.54, 1.807) is 36.4 Å². The molecular weight excluding hydrogens is 372 g/mol. The second-order valence-electron chi connectivity index (χ2n) is 5.74. The van der Waals surface area contributed by atoms with E-state index in [9.17, 15) is 18.0 Å². The van der Waals surface area contributed by atoms with E-state index in [1.807, 2.05) is 6.92 Å². The Balaban J connectivity index is 2.02. The molecule has 0 aliphatic heterocycles. The molecule has 8 nitrogen and oxygen atoms in total. The summed E-state index contributed by atoms with van der Waals surface area (Å²) in [4.78, 5) is 22.0. The van der Waals surface area contributed by atoms with Crippen LogP contribution in [0.2, 0.25) is 0 Å². The average Bonchev–Trinajstić information content (AvgIpc) is 2.64. The van der Waals surface area contributed by atoms with Gasteiger partial charge >= 0.3 is 5.97 Å². The van der Waals surface area contributed by atoms with E-state index < -0.39 is 28.4 Å². The number of carbonyl (C=O) groups excluding carboxylic acids is 1. The number of carbonyl (C=O) groups is 2. The number of anilines is 1. The highest BCUT2D eigenvalue weighted by atomic mass is 32.2. The summed E-state index contributed by atoms with van der Waals surface area (Å²) in [5.74, 6) is -1.36. The first-order chi connectivity index (χ1) is 12.7. The van der Waals surface area contributed by atoms with Crippen molar-refractivity contribution in [2.45, 2.75) is 11.8 Å². The lowest BCUT2D eigenvalue weighted by Gasteiger charge is -2.20. The molecule has 0 heterocycles. The van der Waals surface area contributed by atoms with E-state index in [4.69, 9.17) is 9.84 Å². The highest BCUT2D eigenvalue weighted by Crippen LogP contribution is 2.24. The third-order valence-corrected chi connectivity index (χ3v) is 5.49. The number of aliphatic carboxylic acids is 1. The Bertz CT molecular complexity index is 908. The van der Waals surface area contributed by atoms with E-state index >= 15 is 0 Å². The number of nitrogens with one attached hydrogen (secondary N) is 1. The van der Waals surface area contributed by atoms with Gasteiger partial charge in [0.05, 0.1) is 10.6 Å². The molecule has 0 fully saturated rings. The van der Waals surface area contributed by atoms with Crippen LogP contribution < -0.4 is 14.4 Å². The fourth-order valence-electron chi connectivity index (χ4n) is 2.13. The van der Waals surface area contributed by atoms with Crippen molar-refractivity contribution in [3.8, 4) is 5.75 Å². The molecule has 0 atom stereocenters. The van der Waals surface area contributed by atoms with Gasteiger partial charge in [-0.15, -0.1) is 0 Å². The fourth-order valence-corrected chi connectivity index (χ4v) is 3.33. The van der Waals surface area contributed by atoms with Crippen LogP contribution >= 0.6 is 0 Å². The Morgan fingerprint density at radius 3 is 2.22 bits per heavy atom. The maximum Gasteiger partial charge on any atom is 0.322 e. The van der Waals surface area contributed by atoms with Gasteiger partial charge in [0, 0.05) is 7.05 Å². The first-order valence-electron chi connectivity index (χ1n) is 7.97. The number of aryl methyl sites for hydroxylation is 1. The highest BCUT2D eigenvalue weighted by Gasteiger charge is 2.21. The molecule has 0 unspecified atom stereocenters. The van der Waals surface area contributed by atoms with Crippen molar-refractivity contribution >= 4 is 27.6 Å². The monoisotopic (exact) mass is 392 g/mol. The lowest BCUT2D eigenvalue weighted by atomic mass is 10.2. The molecule has 2 aromatic carbocycles. The molecule has 2 N–H and O–H groups in total. The maximum atomic E-state index is 12.7. The van der Waals surface area contributed by atoms with E-state index in [1.165, 1.54) is 19.2 Å². The van der Waals surface area contributed by atoms with Gasteiger partial charge in [-0.3, -0.25) is 13.9 Å². The number of ether oxygens (including phenoxy) is 1. The molecule has 0 spiro atoms. The number of amides is 1. The third kappa shape index (κ3) is 5.45. The second kappa shape index (κ2) is 8.54. The standard InChI is InChI=1S/C18H20N2O6S/c1-13-3-9-16(10-4-13)27(24,25)20(2)14-5-7-15(8-6-14)26-12-17(21)19-11-18(22)23/h3-10H,11-12H2,1-2H3,(H,19,21)(H,22,23). The van der Waals surface area contributed by atoms with Crippen LogP contribution in [0.15, 0.2) is 53.4 Å². The molecule has 9 heteroatoms. The Kier molecular flexibility index (Phi) is 6.40. The van der Waals surface area contributed by atoms with Gasteiger partial charge < -0.3 is 15.2 Å². The number of rotatable bonds is 8. The molecule has 2 rings (SSSR count). The van der Waals surface area contributed by atoms with Crippen LogP contribution in [0, 0.1) is 6.92 Å². The summed E-state index contributed by atoms with van der Waals surface area (Å²) in [6.45, 7) is 1.05. The minimum absolute atomic E-state index is 0.186. The summed E-state index contributed by atoms with van der Waals surface area (Å²) < 4.78 is 31.7. The number of sulfonamides is 1. The first-order valence-corrected chi connectivity index (χ1v) is 9.41. The molecule has 0 aliphatic carbocycles. The summed E-state index contributed by atoms with van der Waals surface area (Å²) in [6.07, 6.45) is 0. The molecular formula is C18H20N2O6S. The average molecular weight is 392 g/mol. The maximum absolute atomic E-state index is 12.7. The van der Waals surface area contributed by atoms with Crippen LogP contribution in [-0.2, 0) is 19.6 Å². The molecule has 0 saturated heterocycles. The van der Waals surface area contributed by atoms with Crippen molar-refractivity contribution in [1.29, 1.82) is 0 Å². The summed E-state index contributed by atoms with van der Waals surface area (Å²) in [5, 5.41) is 10.7. The predicted octanol–water partition coefficient (Wildman–Crippen LogP) is 1.40. The number of nitrogens with zero attached hydrogens (tertiary/aromatic N) is 1. The van der Waals surface area contributed by atoms with Gasteiger partial charge in [-0.1, -0.05) is 17.7 Å². The van der Waals surface area contributed by atoms with Crippen molar-refractivity contribution < 1.29 is 27.9 Å². The smallest absolute Gasteiger partial charge is 0.322 e. The van der Waals surface area contributed by atoms with Crippen molar-refractivity contribution in [3.63, 3.8) is 0 Å². The second-order valence-corrected chi connectivity index (χ2v) is 7.71. The molecule has 0 aliphatic rings. The minimum Gasteiger partial charge on any atom is -0.484 e. The number of carboxylic acids is 1. The molecule has 2 aromatic rings. The van der Waals surface area contributed by atoms with Crippen molar-refractivity contribution in [2.75, 3.05) is 24.5 Å². The Labute approximate surface area is 157 Å². The molecule has 144 valence electrons. The predicted molar refractivity (Wildman–Crippen MR) is 99.4 cm³/mol. The van der Waals surface area contributed by atoms with Gasteiger partial charge in [0.25, 0.3) is 15.9 Å². The minimum atomic E-state index is -3.69. The lowest BCUT2D eigenvalue weighted by molar-refractivity contribution is -0.138. The highest BCUT2D eigenvalue weighted by molar-refractivity contribution is 7.92. The van der Waals surface area contributed by atoms with Crippen LogP contribution in [0.1, 0.15) is 5.56 Å². The van der Waals surface area contributed by atoms with E-state index in [0.29, 0.717) is 11.4 Å². The van der Waals surface area contributed by atoms with Crippen LogP contribution in [0.5, 0.6) is 5.75 Å². The van der Waals surface area contributed by atoms with Gasteiger partial charge in [-0.25, -0.2) is 8.42 Å². The topological polar surface area (TPSA) is 113 Å². The molecule has 27 heavy (non-hydrogen) atoms. The third-order valence-electron chi connectivity index (χ3n) is 3.69. The first kappa shape index (κ1) is 20.2. The summed E-state index contributed by atoms with van der Waals surface area (Å²) in [6, 6.07) is 12.7. The summed E-state index contributed by atoms with van der Waals surface area (Å²) in [7, 11) is -2.24. The Morgan fingerprint density at radius 2 is 1.67 bits per heavy atom. The van der Waals surface area contributed by atoms with Crippen molar-refractivity contribution in [3.05, 3.63) is 54.1 Å². The molecule has 0 saturated carbocycles. The molecule has 0 bridgehead atoms. The van der Waals surface area contributed by atoms with Crippen molar-refractivity contribution in [2.24, 2.45) is 0 Å². The van der Waals surface area contributed by atoms with Gasteiger partial charge in [0.1, 0.15) is 12.3 Å². The number of benzene rings is 2. The Hall–Kier alpha value is -3.07. The van der Waals surface area contributed by atoms with Gasteiger partial charge in [0.15, 0.2) is 6.61 Å². The molecule has 0 radical (unpaired) electrons. The molecule has 0 aromatic heterocycles. The van der Waals surface area contributed by atoms with Gasteiger partial charge in [-0.2, -0.15) is 0 Å². The van der Waals surface area contributed by atoms with E-state index in [0.717, 1.165) is 9.87 Å². The quantitative estimate of drug-likeness (QED) is 0.702. The van der Waals surface area contributed by atoms with Gasteiger partial charge in [0.2, 0.25) is 0 Å². The van der Waals surface area contributed by atoms with Crippen LogP contribution in [0.3, 0.4) is 0 Å². The van der Waals surface area contributed by atoms with E-state index in [-0.39, 0.29) is 11.5 Å².